The number of hydrogen-bond donors (Lipinski definition) is 1. The van der Waals surface area contributed by atoms with Crippen LogP contribution in [-0.2, 0) is 4.79 Å². The molecule has 2 atom stereocenters. The molecule has 4 rings (SSSR count). The summed E-state index contributed by atoms with van der Waals surface area (Å²) in [4.78, 5) is 28.4. The summed E-state index contributed by atoms with van der Waals surface area (Å²) >= 11 is 3.39. The van der Waals surface area contributed by atoms with Crippen LogP contribution in [0.2, 0.25) is 0 Å². The van der Waals surface area contributed by atoms with E-state index in [0.29, 0.717) is 23.8 Å². The number of nitrogens with one attached hydrogen (secondary N) is 1. The number of carbonyl (C=O) groups is 2. The molecule has 3 fully saturated rings. The first-order valence-corrected chi connectivity index (χ1v) is 11.8. The van der Waals surface area contributed by atoms with E-state index >= 15 is 0 Å². The number of hydrazone groups is 1. The van der Waals surface area contributed by atoms with E-state index in [2.05, 4.69) is 59.1 Å². The molecule has 0 aromatic heterocycles. The molecule has 2 unspecified atom stereocenters. The van der Waals surface area contributed by atoms with Crippen molar-refractivity contribution in [3.05, 3.63) is 34.3 Å². The maximum Gasteiger partial charge on any atom is 0.271 e. The lowest BCUT2D eigenvalue weighted by atomic mass is 9.64. The van der Waals surface area contributed by atoms with Crippen LogP contribution >= 0.6 is 15.9 Å². The standard InChI is InChI=1S/C24H32BrN3O2/c1-16-9-13-28(14-10-16)21(30)24-12-11-23(4,22(24,2)3)19(15-24)26-27-20(29)17-5-7-18(25)8-6-17/h5-8,16H,9-15H2,1-4H3,(H,27,29)/b26-19+. The molecule has 1 heterocycles. The second-order valence-electron chi connectivity index (χ2n) is 10.2. The van der Waals surface area contributed by atoms with Crippen molar-refractivity contribution >= 4 is 33.5 Å². The molecule has 1 aliphatic heterocycles. The fourth-order valence-corrected chi connectivity index (χ4v) is 6.09. The quantitative estimate of drug-likeness (QED) is 0.626. The average Bonchev–Trinajstić information content (AvgIpc) is 3.03. The summed E-state index contributed by atoms with van der Waals surface area (Å²) in [6.45, 7) is 10.7. The van der Waals surface area contributed by atoms with Crippen LogP contribution in [-0.4, -0.2) is 35.5 Å². The lowest BCUT2D eigenvalue weighted by Gasteiger charge is -2.43. The first kappa shape index (κ1) is 21.5. The molecule has 6 heteroatoms. The van der Waals surface area contributed by atoms with Gasteiger partial charge in [-0.2, -0.15) is 5.10 Å². The molecule has 2 saturated carbocycles. The first-order valence-electron chi connectivity index (χ1n) is 11.0. The third kappa shape index (κ3) is 3.14. The fraction of sp³-hybridized carbons (Fsp3) is 0.625. The number of carbonyl (C=O) groups excluding carboxylic acids is 2. The summed E-state index contributed by atoms with van der Waals surface area (Å²) in [7, 11) is 0. The zero-order valence-corrected chi connectivity index (χ0v) is 20.0. The van der Waals surface area contributed by atoms with Gasteiger partial charge in [0.25, 0.3) is 5.91 Å². The highest BCUT2D eigenvalue weighted by atomic mass is 79.9. The monoisotopic (exact) mass is 473 g/mol. The predicted octanol–water partition coefficient (Wildman–Crippen LogP) is 5.01. The van der Waals surface area contributed by atoms with Gasteiger partial charge in [-0.1, -0.05) is 43.6 Å². The van der Waals surface area contributed by atoms with Crippen LogP contribution in [0.5, 0.6) is 0 Å². The van der Waals surface area contributed by atoms with Crippen LogP contribution in [0.3, 0.4) is 0 Å². The molecule has 30 heavy (non-hydrogen) atoms. The van der Waals surface area contributed by atoms with Gasteiger partial charge < -0.3 is 4.90 Å². The Morgan fingerprint density at radius 1 is 1.10 bits per heavy atom. The normalized spacial score (nSPS) is 31.9. The Bertz CT molecular complexity index is 886. The van der Waals surface area contributed by atoms with Crippen molar-refractivity contribution in [1.29, 1.82) is 0 Å². The van der Waals surface area contributed by atoms with Crippen LogP contribution in [0.1, 0.15) is 70.2 Å². The van der Waals surface area contributed by atoms with Crippen LogP contribution in [0.4, 0.5) is 0 Å². The molecule has 0 radical (unpaired) electrons. The second-order valence-corrected chi connectivity index (χ2v) is 11.1. The Morgan fingerprint density at radius 3 is 2.37 bits per heavy atom. The number of benzene rings is 1. The topological polar surface area (TPSA) is 61.8 Å². The minimum absolute atomic E-state index is 0.182. The average molecular weight is 474 g/mol. The summed E-state index contributed by atoms with van der Waals surface area (Å²) in [5.41, 5.74) is 3.50. The predicted molar refractivity (Wildman–Crippen MR) is 122 cm³/mol. The fourth-order valence-electron chi connectivity index (χ4n) is 5.82. The van der Waals surface area contributed by atoms with E-state index in [4.69, 9.17) is 0 Å². The van der Waals surface area contributed by atoms with Crippen LogP contribution < -0.4 is 5.43 Å². The number of amides is 2. The molecule has 1 N–H and O–H groups in total. The largest absolute Gasteiger partial charge is 0.342 e. The van der Waals surface area contributed by atoms with E-state index in [0.717, 1.165) is 49.0 Å². The van der Waals surface area contributed by atoms with Crippen molar-refractivity contribution in [3.63, 3.8) is 0 Å². The maximum atomic E-state index is 13.8. The number of fused-ring (bicyclic) bond motifs is 2. The Labute approximate surface area is 187 Å². The van der Waals surface area contributed by atoms with Crippen molar-refractivity contribution in [2.75, 3.05) is 13.1 Å². The van der Waals surface area contributed by atoms with Gasteiger partial charge in [-0.25, -0.2) is 5.43 Å². The maximum absolute atomic E-state index is 13.8. The molecular weight excluding hydrogens is 442 g/mol. The van der Waals surface area contributed by atoms with E-state index < -0.39 is 5.41 Å². The van der Waals surface area contributed by atoms with Gasteiger partial charge in [0.05, 0.1) is 5.41 Å². The minimum Gasteiger partial charge on any atom is -0.342 e. The summed E-state index contributed by atoms with van der Waals surface area (Å²) in [5, 5.41) is 4.59. The highest BCUT2D eigenvalue weighted by Crippen LogP contribution is 2.71. The van der Waals surface area contributed by atoms with Crippen molar-refractivity contribution in [2.24, 2.45) is 27.3 Å². The van der Waals surface area contributed by atoms with Gasteiger partial charge >= 0.3 is 0 Å². The number of nitrogens with zero attached hydrogens (tertiary/aromatic N) is 2. The minimum atomic E-state index is -0.413. The van der Waals surface area contributed by atoms with E-state index in [1.54, 1.807) is 12.1 Å². The van der Waals surface area contributed by atoms with Crippen LogP contribution in [0, 0.1) is 22.2 Å². The Morgan fingerprint density at radius 2 is 1.73 bits per heavy atom. The van der Waals surface area contributed by atoms with Gasteiger partial charge in [0.2, 0.25) is 5.91 Å². The zero-order chi connectivity index (χ0) is 21.7. The van der Waals surface area contributed by atoms with Crippen molar-refractivity contribution in [1.82, 2.24) is 10.3 Å². The van der Waals surface area contributed by atoms with Crippen molar-refractivity contribution in [2.45, 2.75) is 59.8 Å². The highest BCUT2D eigenvalue weighted by Gasteiger charge is 2.72. The molecule has 162 valence electrons. The number of piperidine rings is 1. The van der Waals surface area contributed by atoms with Crippen molar-refractivity contribution in [3.8, 4) is 0 Å². The summed E-state index contributed by atoms with van der Waals surface area (Å²) in [6.07, 6.45) is 4.65. The molecule has 5 nitrogen and oxygen atoms in total. The molecule has 0 spiro atoms. The molecule has 3 aliphatic rings. The van der Waals surface area contributed by atoms with Gasteiger partial charge in [-0.3, -0.25) is 9.59 Å². The van der Waals surface area contributed by atoms with Crippen LogP contribution in [0.15, 0.2) is 33.8 Å². The molecule has 1 saturated heterocycles. The third-order valence-corrected chi connectivity index (χ3v) is 9.14. The first-order chi connectivity index (χ1) is 14.1. The highest BCUT2D eigenvalue weighted by molar-refractivity contribution is 9.10. The number of likely N-dealkylation sites (tertiary alicyclic amines) is 1. The van der Waals surface area contributed by atoms with Gasteiger partial charge in [0.1, 0.15) is 0 Å². The van der Waals surface area contributed by atoms with Gasteiger partial charge in [-0.05, 0) is 61.3 Å². The molecular formula is C24H32BrN3O2. The number of hydrogen-bond acceptors (Lipinski definition) is 3. The summed E-state index contributed by atoms with van der Waals surface area (Å²) in [6, 6.07) is 7.23. The van der Waals surface area contributed by atoms with E-state index in [9.17, 15) is 9.59 Å². The van der Waals surface area contributed by atoms with E-state index in [1.165, 1.54) is 0 Å². The van der Waals surface area contributed by atoms with Crippen LogP contribution in [0.25, 0.3) is 0 Å². The smallest absolute Gasteiger partial charge is 0.271 e. The number of rotatable bonds is 3. The molecule has 2 aliphatic carbocycles. The lowest BCUT2D eigenvalue weighted by molar-refractivity contribution is -0.148. The molecule has 1 aromatic rings. The van der Waals surface area contributed by atoms with E-state index in [1.807, 2.05) is 12.1 Å². The van der Waals surface area contributed by atoms with Crippen molar-refractivity contribution < 1.29 is 9.59 Å². The van der Waals surface area contributed by atoms with Gasteiger partial charge in [0.15, 0.2) is 0 Å². The zero-order valence-electron chi connectivity index (χ0n) is 18.4. The third-order valence-electron chi connectivity index (χ3n) is 8.61. The Hall–Kier alpha value is -1.69. The molecule has 2 bridgehead atoms. The summed E-state index contributed by atoms with van der Waals surface area (Å²) in [5.74, 6) is 0.778. The lowest BCUT2D eigenvalue weighted by Crippen LogP contribution is -2.50. The summed E-state index contributed by atoms with van der Waals surface area (Å²) < 4.78 is 0.931. The van der Waals surface area contributed by atoms with Gasteiger partial charge in [0, 0.05) is 40.7 Å². The molecule has 2 amide bonds. The SMILES string of the molecule is CC1CCN(C(=O)C23CCC(C)(/C(=N/NC(=O)c4ccc(Br)cc4)C2)C3(C)C)CC1. The Kier molecular flexibility index (Phi) is 5.36. The Balaban J connectivity index is 1.57. The van der Waals surface area contributed by atoms with E-state index in [-0.39, 0.29) is 16.7 Å². The number of halogens is 1. The van der Waals surface area contributed by atoms with Gasteiger partial charge in [-0.15, -0.1) is 0 Å². The molecule has 1 aromatic carbocycles. The second kappa shape index (κ2) is 7.47.